The van der Waals surface area contributed by atoms with Crippen molar-refractivity contribution in [2.45, 2.75) is 25.2 Å². The molecule has 0 bridgehead atoms. The Morgan fingerprint density at radius 2 is 1.94 bits per heavy atom. The Kier molecular flexibility index (Phi) is 2.74. The number of nitrogens with zero attached hydrogens (tertiary/aromatic N) is 1. The first kappa shape index (κ1) is 11.0. The van der Waals surface area contributed by atoms with Crippen molar-refractivity contribution in [3.63, 3.8) is 0 Å². The van der Waals surface area contributed by atoms with Crippen LogP contribution in [0.4, 0.5) is 4.39 Å². The van der Waals surface area contributed by atoms with E-state index in [4.69, 9.17) is 0 Å². The third kappa shape index (κ3) is 1.90. The van der Waals surface area contributed by atoms with Gasteiger partial charge >= 0.3 is 0 Å². The summed E-state index contributed by atoms with van der Waals surface area (Å²) < 4.78 is 13.9. The van der Waals surface area contributed by atoms with Gasteiger partial charge in [0.2, 0.25) is 0 Å². The summed E-state index contributed by atoms with van der Waals surface area (Å²) in [6, 6.07) is 6.42. The Morgan fingerprint density at radius 3 is 2.53 bits per heavy atom. The maximum atomic E-state index is 12.9. The maximum Gasteiger partial charge on any atom is 0.123 e. The summed E-state index contributed by atoms with van der Waals surface area (Å²) in [5, 5.41) is 7.42. The molecule has 0 atom stereocenters. The Balaban J connectivity index is 1.97. The predicted molar refractivity (Wildman–Crippen MR) is 68.3 cm³/mol. The van der Waals surface area contributed by atoms with Crippen LogP contribution in [-0.2, 0) is 0 Å². The van der Waals surface area contributed by atoms with Crippen molar-refractivity contribution in [2.75, 3.05) is 0 Å². The summed E-state index contributed by atoms with van der Waals surface area (Å²) in [7, 11) is 0. The highest BCUT2D eigenvalue weighted by Crippen LogP contribution is 2.41. The van der Waals surface area contributed by atoms with Gasteiger partial charge in [-0.1, -0.05) is 6.42 Å². The Morgan fingerprint density at radius 1 is 1.24 bits per heavy atom. The smallest absolute Gasteiger partial charge is 0.123 e. The molecule has 0 radical (unpaired) electrons. The van der Waals surface area contributed by atoms with Crippen molar-refractivity contribution in [1.82, 2.24) is 10.2 Å². The van der Waals surface area contributed by atoms with Gasteiger partial charge in [0.25, 0.3) is 0 Å². The summed E-state index contributed by atoms with van der Waals surface area (Å²) in [6.45, 7) is 0. The van der Waals surface area contributed by atoms with Gasteiger partial charge in [0.1, 0.15) is 11.5 Å². The molecule has 3 rings (SSSR count). The van der Waals surface area contributed by atoms with E-state index in [1.165, 1.54) is 37.1 Å². The summed E-state index contributed by atoms with van der Waals surface area (Å²) in [4.78, 5) is 0. The minimum atomic E-state index is -0.223. The number of rotatable bonds is 2. The fourth-order valence-electron chi connectivity index (χ4n) is 2.11. The summed E-state index contributed by atoms with van der Waals surface area (Å²) in [6.07, 6.45) is 3.75. The average Bonchev–Trinajstić information content (AvgIpc) is 2.60. The van der Waals surface area contributed by atoms with Gasteiger partial charge in [-0.05, 0) is 53.0 Å². The van der Waals surface area contributed by atoms with Crippen molar-refractivity contribution in [3.05, 3.63) is 40.2 Å². The van der Waals surface area contributed by atoms with E-state index >= 15 is 0 Å². The molecule has 2 aromatic rings. The van der Waals surface area contributed by atoms with E-state index in [1.807, 2.05) is 0 Å². The zero-order valence-corrected chi connectivity index (χ0v) is 10.8. The zero-order valence-electron chi connectivity index (χ0n) is 9.21. The lowest BCUT2D eigenvalue weighted by atomic mass is 9.83. The van der Waals surface area contributed by atoms with Gasteiger partial charge < -0.3 is 0 Å². The number of aromatic amines is 1. The molecular formula is C13H12BrFN2. The highest BCUT2D eigenvalue weighted by molar-refractivity contribution is 9.10. The largest absolute Gasteiger partial charge is 0.280 e. The van der Waals surface area contributed by atoms with Crippen LogP contribution in [0.25, 0.3) is 11.3 Å². The molecule has 1 saturated carbocycles. The molecule has 1 fully saturated rings. The first-order valence-corrected chi connectivity index (χ1v) is 6.54. The first-order chi connectivity index (χ1) is 8.25. The number of hydrogen-bond acceptors (Lipinski definition) is 1. The standard InChI is InChI=1S/C13H12BrFN2/c14-11-12(8-2-1-3-8)16-17-13(11)9-4-6-10(15)7-5-9/h4-8H,1-3H2,(H,16,17). The highest BCUT2D eigenvalue weighted by Gasteiger charge is 2.25. The van der Waals surface area contributed by atoms with Crippen molar-refractivity contribution in [3.8, 4) is 11.3 Å². The lowest BCUT2D eigenvalue weighted by Crippen LogP contribution is -2.09. The van der Waals surface area contributed by atoms with Gasteiger partial charge in [0.05, 0.1) is 10.2 Å². The van der Waals surface area contributed by atoms with E-state index in [0.717, 1.165) is 15.7 Å². The van der Waals surface area contributed by atoms with Crippen LogP contribution >= 0.6 is 15.9 Å². The van der Waals surface area contributed by atoms with Crippen LogP contribution in [-0.4, -0.2) is 10.2 Å². The summed E-state index contributed by atoms with van der Waals surface area (Å²) >= 11 is 3.59. The van der Waals surface area contributed by atoms with Crippen LogP contribution in [0.3, 0.4) is 0 Å². The van der Waals surface area contributed by atoms with Crippen molar-refractivity contribution in [2.24, 2.45) is 0 Å². The fourth-order valence-corrected chi connectivity index (χ4v) is 2.84. The predicted octanol–water partition coefficient (Wildman–Crippen LogP) is 4.25. The van der Waals surface area contributed by atoms with Gasteiger partial charge in [-0.25, -0.2) is 4.39 Å². The summed E-state index contributed by atoms with van der Waals surface area (Å²) in [5.74, 6) is 0.380. The first-order valence-electron chi connectivity index (χ1n) is 5.75. The molecule has 0 amide bonds. The van der Waals surface area contributed by atoms with E-state index in [0.29, 0.717) is 5.92 Å². The van der Waals surface area contributed by atoms with Gasteiger partial charge in [-0.3, -0.25) is 5.10 Å². The molecule has 4 heteroatoms. The molecular weight excluding hydrogens is 283 g/mol. The molecule has 0 spiro atoms. The van der Waals surface area contributed by atoms with Crippen LogP contribution in [0.5, 0.6) is 0 Å². The zero-order chi connectivity index (χ0) is 11.8. The molecule has 1 aliphatic carbocycles. The minimum Gasteiger partial charge on any atom is -0.280 e. The monoisotopic (exact) mass is 294 g/mol. The number of aromatic nitrogens is 2. The SMILES string of the molecule is Fc1ccc(-c2n[nH]c(C3CCC3)c2Br)cc1. The molecule has 0 saturated heterocycles. The normalized spacial score (nSPS) is 15.9. The number of benzene rings is 1. The third-order valence-corrected chi connectivity index (χ3v) is 4.17. The van der Waals surface area contributed by atoms with E-state index < -0.39 is 0 Å². The second-order valence-electron chi connectivity index (χ2n) is 4.43. The van der Waals surface area contributed by atoms with E-state index in [9.17, 15) is 4.39 Å². The van der Waals surface area contributed by atoms with Crippen molar-refractivity contribution in [1.29, 1.82) is 0 Å². The second kappa shape index (κ2) is 4.26. The lowest BCUT2D eigenvalue weighted by Gasteiger charge is -2.24. The molecule has 17 heavy (non-hydrogen) atoms. The van der Waals surface area contributed by atoms with E-state index in [-0.39, 0.29) is 5.82 Å². The van der Waals surface area contributed by atoms with Crippen molar-refractivity contribution < 1.29 is 4.39 Å². The third-order valence-electron chi connectivity index (χ3n) is 3.36. The van der Waals surface area contributed by atoms with Crippen LogP contribution in [0, 0.1) is 5.82 Å². The molecule has 0 unspecified atom stereocenters. The van der Waals surface area contributed by atoms with Crippen LogP contribution in [0.1, 0.15) is 30.9 Å². The topological polar surface area (TPSA) is 28.7 Å². The van der Waals surface area contributed by atoms with E-state index in [2.05, 4.69) is 26.1 Å². The van der Waals surface area contributed by atoms with Crippen molar-refractivity contribution >= 4 is 15.9 Å². The molecule has 88 valence electrons. The lowest BCUT2D eigenvalue weighted by molar-refractivity contribution is 0.409. The van der Waals surface area contributed by atoms with Crippen LogP contribution in [0.15, 0.2) is 28.7 Å². The van der Waals surface area contributed by atoms with Gasteiger partial charge in [-0.2, -0.15) is 5.10 Å². The van der Waals surface area contributed by atoms with Crippen LogP contribution < -0.4 is 0 Å². The quantitative estimate of drug-likeness (QED) is 0.881. The molecule has 1 N–H and O–H groups in total. The molecule has 1 aliphatic rings. The van der Waals surface area contributed by atoms with Gasteiger partial charge in [0, 0.05) is 11.5 Å². The molecule has 0 aliphatic heterocycles. The molecule has 2 nitrogen and oxygen atoms in total. The average molecular weight is 295 g/mol. The Hall–Kier alpha value is -1.16. The Labute approximate surface area is 107 Å². The molecule has 1 heterocycles. The Bertz CT molecular complexity index is 529. The number of nitrogens with one attached hydrogen (secondary N) is 1. The number of H-pyrrole nitrogens is 1. The minimum absolute atomic E-state index is 0.223. The summed E-state index contributed by atoms with van der Waals surface area (Å²) in [5.41, 5.74) is 2.97. The highest BCUT2D eigenvalue weighted by atomic mass is 79.9. The number of hydrogen-bond donors (Lipinski definition) is 1. The second-order valence-corrected chi connectivity index (χ2v) is 5.23. The maximum absolute atomic E-state index is 12.9. The number of halogens is 2. The fraction of sp³-hybridized carbons (Fsp3) is 0.308. The van der Waals surface area contributed by atoms with E-state index in [1.54, 1.807) is 12.1 Å². The molecule has 1 aromatic carbocycles. The van der Waals surface area contributed by atoms with Crippen LogP contribution in [0.2, 0.25) is 0 Å². The molecule has 1 aromatic heterocycles. The van der Waals surface area contributed by atoms with Gasteiger partial charge in [0.15, 0.2) is 0 Å². The van der Waals surface area contributed by atoms with Gasteiger partial charge in [-0.15, -0.1) is 0 Å².